The Labute approximate surface area is 137 Å². The monoisotopic (exact) mass is 315 g/mol. The fourth-order valence-electron chi connectivity index (χ4n) is 5.27. The van der Waals surface area contributed by atoms with E-state index in [1.165, 1.54) is 45.3 Å². The zero-order valence-corrected chi connectivity index (χ0v) is 13.7. The van der Waals surface area contributed by atoms with Crippen molar-refractivity contribution < 1.29 is 13.9 Å². The van der Waals surface area contributed by atoms with Gasteiger partial charge in [-0.2, -0.15) is 0 Å². The first-order valence-corrected chi connectivity index (χ1v) is 8.79. The predicted molar refractivity (Wildman–Crippen MR) is 87.4 cm³/mol. The fourth-order valence-corrected chi connectivity index (χ4v) is 5.27. The van der Waals surface area contributed by atoms with E-state index in [0.717, 1.165) is 36.0 Å². The Morgan fingerprint density at radius 3 is 2.57 bits per heavy atom. The molecule has 0 aliphatic heterocycles. The highest BCUT2D eigenvalue weighted by molar-refractivity contribution is 5.86. The van der Waals surface area contributed by atoms with Crippen molar-refractivity contribution in [3.05, 3.63) is 29.7 Å². The SMILES string of the molecule is COC(=O)C=Cc1ccc(CNC2C3CC4CC(C3)CC2C4)o1. The minimum Gasteiger partial charge on any atom is -0.466 e. The lowest BCUT2D eigenvalue weighted by atomic mass is 9.54. The van der Waals surface area contributed by atoms with Gasteiger partial charge in [0.15, 0.2) is 0 Å². The number of ether oxygens (including phenoxy) is 1. The van der Waals surface area contributed by atoms with Gasteiger partial charge in [-0.25, -0.2) is 4.79 Å². The lowest BCUT2D eigenvalue weighted by Crippen LogP contribution is -2.54. The first-order valence-electron chi connectivity index (χ1n) is 8.79. The largest absolute Gasteiger partial charge is 0.466 e. The normalized spacial score (nSPS) is 35.1. The Hall–Kier alpha value is -1.55. The number of furan rings is 1. The molecular formula is C19H25NO3. The molecule has 0 aromatic carbocycles. The van der Waals surface area contributed by atoms with Gasteiger partial charge in [0, 0.05) is 12.1 Å². The van der Waals surface area contributed by atoms with Crippen LogP contribution in [0.15, 0.2) is 22.6 Å². The molecule has 4 saturated carbocycles. The second-order valence-corrected chi connectivity index (χ2v) is 7.50. The molecule has 4 heteroatoms. The molecule has 0 unspecified atom stereocenters. The van der Waals surface area contributed by atoms with Crippen LogP contribution in [-0.4, -0.2) is 19.1 Å². The summed E-state index contributed by atoms with van der Waals surface area (Å²) < 4.78 is 10.3. The van der Waals surface area contributed by atoms with Crippen LogP contribution in [0.3, 0.4) is 0 Å². The van der Waals surface area contributed by atoms with Crippen molar-refractivity contribution >= 4 is 12.0 Å². The molecule has 4 aliphatic rings. The smallest absolute Gasteiger partial charge is 0.330 e. The van der Waals surface area contributed by atoms with E-state index in [-0.39, 0.29) is 5.97 Å². The van der Waals surface area contributed by atoms with Gasteiger partial charge in [0.1, 0.15) is 11.5 Å². The molecule has 124 valence electrons. The molecule has 0 radical (unpaired) electrons. The number of carbonyl (C=O) groups excluding carboxylic acids is 1. The molecule has 0 saturated heterocycles. The Morgan fingerprint density at radius 2 is 1.91 bits per heavy atom. The average Bonchev–Trinajstić information content (AvgIpc) is 2.99. The maximum atomic E-state index is 11.1. The summed E-state index contributed by atoms with van der Waals surface area (Å²) in [6.07, 6.45) is 10.2. The van der Waals surface area contributed by atoms with Gasteiger partial charge in [-0.1, -0.05) is 0 Å². The van der Waals surface area contributed by atoms with Crippen molar-refractivity contribution in [1.82, 2.24) is 5.32 Å². The first kappa shape index (κ1) is 15.0. The summed E-state index contributed by atoms with van der Waals surface area (Å²) in [5, 5.41) is 3.76. The number of nitrogens with one attached hydrogen (secondary N) is 1. The number of hydrogen-bond donors (Lipinski definition) is 1. The van der Waals surface area contributed by atoms with Crippen LogP contribution in [0.2, 0.25) is 0 Å². The van der Waals surface area contributed by atoms with E-state index in [4.69, 9.17) is 4.42 Å². The molecule has 0 atom stereocenters. The molecule has 4 aliphatic carbocycles. The Balaban J connectivity index is 1.34. The molecule has 5 rings (SSSR count). The minimum atomic E-state index is -0.366. The van der Waals surface area contributed by atoms with Crippen LogP contribution in [0.5, 0.6) is 0 Å². The van der Waals surface area contributed by atoms with E-state index in [9.17, 15) is 4.79 Å². The molecule has 1 N–H and O–H groups in total. The second kappa shape index (κ2) is 6.16. The highest BCUT2D eigenvalue weighted by Gasteiger charge is 2.47. The molecule has 4 fully saturated rings. The molecule has 4 nitrogen and oxygen atoms in total. The zero-order chi connectivity index (χ0) is 15.8. The topological polar surface area (TPSA) is 51.5 Å². The van der Waals surface area contributed by atoms with Gasteiger partial charge in [0.05, 0.1) is 13.7 Å². The highest BCUT2D eigenvalue weighted by atomic mass is 16.5. The van der Waals surface area contributed by atoms with Crippen LogP contribution in [0.1, 0.15) is 43.6 Å². The van der Waals surface area contributed by atoms with Gasteiger partial charge in [-0.05, 0) is 74.0 Å². The second-order valence-electron chi connectivity index (χ2n) is 7.50. The number of rotatable bonds is 5. The summed E-state index contributed by atoms with van der Waals surface area (Å²) in [5.74, 6) is 5.03. The quantitative estimate of drug-likeness (QED) is 0.668. The molecular weight excluding hydrogens is 290 g/mol. The Kier molecular flexibility index (Phi) is 4.02. The average molecular weight is 315 g/mol. The minimum absolute atomic E-state index is 0.366. The molecule has 1 aromatic rings. The Bertz CT molecular complexity index is 576. The van der Waals surface area contributed by atoms with E-state index in [1.807, 2.05) is 12.1 Å². The summed E-state index contributed by atoms with van der Waals surface area (Å²) >= 11 is 0. The van der Waals surface area contributed by atoms with Crippen molar-refractivity contribution in [2.24, 2.45) is 23.7 Å². The lowest BCUT2D eigenvalue weighted by molar-refractivity contribution is -0.134. The molecule has 1 aromatic heterocycles. The molecule has 4 bridgehead atoms. The third-order valence-corrected chi connectivity index (χ3v) is 6.01. The van der Waals surface area contributed by atoms with E-state index in [0.29, 0.717) is 11.8 Å². The van der Waals surface area contributed by atoms with Gasteiger partial charge in [-0.3, -0.25) is 0 Å². The molecule has 0 spiro atoms. The summed E-state index contributed by atoms with van der Waals surface area (Å²) in [7, 11) is 1.37. The number of carbonyl (C=O) groups is 1. The van der Waals surface area contributed by atoms with Crippen LogP contribution in [0, 0.1) is 23.7 Å². The summed E-state index contributed by atoms with van der Waals surface area (Å²) in [6, 6.07) is 4.55. The fraction of sp³-hybridized carbons (Fsp3) is 0.632. The molecule has 1 heterocycles. The van der Waals surface area contributed by atoms with E-state index in [1.54, 1.807) is 6.08 Å². The van der Waals surface area contributed by atoms with E-state index >= 15 is 0 Å². The zero-order valence-electron chi connectivity index (χ0n) is 13.7. The van der Waals surface area contributed by atoms with Gasteiger partial charge >= 0.3 is 5.97 Å². The highest BCUT2D eigenvalue weighted by Crippen LogP contribution is 2.53. The van der Waals surface area contributed by atoms with Gasteiger partial charge < -0.3 is 14.5 Å². The van der Waals surface area contributed by atoms with Gasteiger partial charge in [0.2, 0.25) is 0 Å². The maximum Gasteiger partial charge on any atom is 0.330 e. The standard InChI is InChI=1S/C19H25NO3/c1-22-18(21)5-4-16-2-3-17(23-16)11-20-19-14-7-12-6-13(9-14)10-15(19)8-12/h2-5,12-15,19-20H,6-11H2,1H3. The molecule has 23 heavy (non-hydrogen) atoms. The number of methoxy groups -OCH3 is 1. The predicted octanol–water partition coefficient (Wildman–Crippen LogP) is 3.38. The van der Waals surface area contributed by atoms with Crippen molar-refractivity contribution in [3.8, 4) is 0 Å². The van der Waals surface area contributed by atoms with Crippen LogP contribution in [0.25, 0.3) is 6.08 Å². The van der Waals surface area contributed by atoms with Crippen LogP contribution >= 0.6 is 0 Å². The molecule has 0 amide bonds. The van der Waals surface area contributed by atoms with Crippen molar-refractivity contribution in [3.63, 3.8) is 0 Å². The summed E-state index contributed by atoms with van der Waals surface area (Å²) in [6.45, 7) is 0.777. The van der Waals surface area contributed by atoms with Crippen LogP contribution in [0.4, 0.5) is 0 Å². The third kappa shape index (κ3) is 3.09. The van der Waals surface area contributed by atoms with Crippen molar-refractivity contribution in [1.29, 1.82) is 0 Å². The van der Waals surface area contributed by atoms with E-state index in [2.05, 4.69) is 10.1 Å². The first-order chi connectivity index (χ1) is 11.2. The van der Waals surface area contributed by atoms with Crippen molar-refractivity contribution in [2.45, 2.75) is 44.7 Å². The van der Waals surface area contributed by atoms with Crippen LogP contribution < -0.4 is 5.32 Å². The lowest BCUT2D eigenvalue weighted by Gasteiger charge is -2.54. The number of esters is 1. The maximum absolute atomic E-state index is 11.1. The number of hydrogen-bond acceptors (Lipinski definition) is 4. The Morgan fingerprint density at radius 1 is 1.22 bits per heavy atom. The van der Waals surface area contributed by atoms with Crippen molar-refractivity contribution in [2.75, 3.05) is 7.11 Å². The van der Waals surface area contributed by atoms with Crippen LogP contribution in [-0.2, 0) is 16.1 Å². The van der Waals surface area contributed by atoms with Gasteiger partial charge in [-0.15, -0.1) is 0 Å². The van der Waals surface area contributed by atoms with E-state index < -0.39 is 0 Å². The van der Waals surface area contributed by atoms with Gasteiger partial charge in [0.25, 0.3) is 0 Å². The third-order valence-electron chi connectivity index (χ3n) is 6.01. The summed E-state index contributed by atoms with van der Waals surface area (Å²) in [5.41, 5.74) is 0. The summed E-state index contributed by atoms with van der Waals surface area (Å²) in [4.78, 5) is 11.1.